The Morgan fingerprint density at radius 2 is 2.00 bits per heavy atom. The zero-order valence-corrected chi connectivity index (χ0v) is 16.8. The zero-order valence-electron chi connectivity index (χ0n) is 16.8. The minimum Gasteiger partial charge on any atom is -0.321 e. The van der Waals surface area contributed by atoms with E-state index in [1.54, 1.807) is 42.3 Å². The van der Waals surface area contributed by atoms with Crippen LogP contribution < -0.4 is 5.32 Å². The maximum atomic E-state index is 12.2. The molecule has 0 aliphatic heterocycles. The average Bonchev–Trinajstić information content (AvgIpc) is 3.20. The van der Waals surface area contributed by atoms with Crippen molar-refractivity contribution in [2.45, 2.75) is 33.2 Å². The molecule has 0 radical (unpaired) electrons. The van der Waals surface area contributed by atoms with Crippen LogP contribution in [-0.2, 0) is 6.54 Å². The summed E-state index contributed by atoms with van der Waals surface area (Å²) in [7, 11) is 0. The number of carbonyl (C=O) groups excluding carboxylic acids is 1. The normalized spacial score (nSPS) is 11.3. The van der Waals surface area contributed by atoms with Gasteiger partial charge < -0.3 is 5.32 Å². The molecule has 30 heavy (non-hydrogen) atoms. The fourth-order valence-corrected chi connectivity index (χ4v) is 2.89. The van der Waals surface area contributed by atoms with Crippen LogP contribution in [0.3, 0.4) is 0 Å². The zero-order chi connectivity index (χ0) is 21.5. The van der Waals surface area contributed by atoms with Gasteiger partial charge in [-0.1, -0.05) is 24.3 Å². The number of hydrogen-bond donors (Lipinski definition) is 1. The number of benzene rings is 1. The summed E-state index contributed by atoms with van der Waals surface area (Å²) in [5, 5.41) is 24.9. The lowest BCUT2D eigenvalue weighted by atomic mass is 9.99. The Balaban J connectivity index is 1.77. The van der Waals surface area contributed by atoms with E-state index in [1.807, 2.05) is 19.1 Å². The van der Waals surface area contributed by atoms with Crippen molar-refractivity contribution in [3.63, 3.8) is 0 Å². The molecule has 1 atom stereocenters. The smallest absolute Gasteiger partial charge is 0.227 e. The van der Waals surface area contributed by atoms with E-state index in [4.69, 9.17) is 10.5 Å². The van der Waals surface area contributed by atoms with E-state index in [0.29, 0.717) is 24.5 Å². The summed E-state index contributed by atoms with van der Waals surface area (Å²) < 4.78 is 1.68. The van der Waals surface area contributed by atoms with Crippen molar-refractivity contribution in [3.8, 4) is 23.4 Å². The van der Waals surface area contributed by atoms with Crippen LogP contribution in [0.1, 0.15) is 35.7 Å². The van der Waals surface area contributed by atoms with Gasteiger partial charge in [0.15, 0.2) is 5.78 Å². The van der Waals surface area contributed by atoms with Crippen molar-refractivity contribution in [2.75, 3.05) is 5.32 Å². The van der Waals surface area contributed by atoms with Crippen LogP contribution in [-0.4, -0.2) is 25.5 Å². The first-order valence-electron chi connectivity index (χ1n) is 9.53. The molecule has 0 bridgehead atoms. The number of hydrogen-bond acceptors (Lipinski definition) is 7. The van der Waals surface area contributed by atoms with Gasteiger partial charge in [0.25, 0.3) is 0 Å². The summed E-state index contributed by atoms with van der Waals surface area (Å²) in [6.45, 7) is 4.18. The lowest BCUT2D eigenvalue weighted by Gasteiger charge is -2.09. The molecule has 0 amide bonds. The molecule has 0 fully saturated rings. The number of aromatic nitrogens is 4. The van der Waals surface area contributed by atoms with Gasteiger partial charge in [-0.15, -0.1) is 0 Å². The summed E-state index contributed by atoms with van der Waals surface area (Å²) in [4.78, 5) is 21.2. The van der Waals surface area contributed by atoms with Crippen molar-refractivity contribution >= 4 is 17.4 Å². The molecular formula is C22H21N7O. The molecular weight excluding hydrogens is 378 g/mol. The van der Waals surface area contributed by atoms with Gasteiger partial charge in [0, 0.05) is 29.9 Å². The molecule has 0 unspecified atom stereocenters. The number of anilines is 2. The molecule has 3 aromatic rings. The molecule has 1 N–H and O–H groups in total. The summed E-state index contributed by atoms with van der Waals surface area (Å²) in [5.41, 5.74) is 3.84. The number of aryl methyl sites for hydroxylation is 2. The summed E-state index contributed by atoms with van der Waals surface area (Å²) in [6, 6.07) is 11.4. The molecule has 0 spiro atoms. The highest BCUT2D eigenvalue weighted by atomic mass is 16.1. The van der Waals surface area contributed by atoms with Crippen LogP contribution in [0.5, 0.6) is 0 Å². The maximum Gasteiger partial charge on any atom is 0.227 e. The van der Waals surface area contributed by atoms with Crippen LogP contribution >= 0.6 is 0 Å². The number of carbonyl (C=O) groups is 1. The number of nitrogens with one attached hydrogen (secondary N) is 1. The first-order valence-corrected chi connectivity index (χ1v) is 9.53. The van der Waals surface area contributed by atoms with Gasteiger partial charge in [-0.05, 0) is 19.4 Å². The quantitative estimate of drug-likeness (QED) is 0.567. The molecule has 2 aromatic heterocycles. The maximum absolute atomic E-state index is 12.2. The monoisotopic (exact) mass is 399 g/mol. The lowest BCUT2D eigenvalue weighted by Crippen LogP contribution is -2.04. The lowest BCUT2D eigenvalue weighted by molar-refractivity contribution is 0.0973. The van der Waals surface area contributed by atoms with E-state index in [0.717, 1.165) is 22.5 Å². The van der Waals surface area contributed by atoms with E-state index in [-0.39, 0.29) is 18.1 Å². The molecule has 150 valence electrons. The number of rotatable bonds is 8. The van der Waals surface area contributed by atoms with Crippen LogP contribution in [0.15, 0.2) is 42.9 Å². The largest absolute Gasteiger partial charge is 0.321 e. The Morgan fingerprint density at radius 3 is 2.70 bits per heavy atom. The standard InChI is InChI=1S/C22H21N7O/c1-15(11-24)10-20(30)17-4-6-18(7-5-17)21-16(2)12-25-22(28-21)27-19-13-26-29(14-19)9-3-8-23/h4-7,12-15H,3,9-10H2,1-2H3,(H,25,27,28)/t15-/m1/s1. The van der Waals surface area contributed by atoms with Crippen molar-refractivity contribution in [2.24, 2.45) is 5.92 Å². The fourth-order valence-electron chi connectivity index (χ4n) is 2.89. The topological polar surface area (TPSA) is 120 Å². The predicted molar refractivity (Wildman–Crippen MR) is 112 cm³/mol. The second kappa shape index (κ2) is 9.44. The third-order valence-electron chi connectivity index (χ3n) is 4.51. The van der Waals surface area contributed by atoms with E-state index < -0.39 is 0 Å². The van der Waals surface area contributed by atoms with Gasteiger partial charge >= 0.3 is 0 Å². The minimum atomic E-state index is -0.306. The second-order valence-corrected chi connectivity index (χ2v) is 6.99. The van der Waals surface area contributed by atoms with Crippen molar-refractivity contribution < 1.29 is 4.79 Å². The average molecular weight is 399 g/mol. The number of ketones is 1. The molecule has 1 aromatic carbocycles. The van der Waals surface area contributed by atoms with Crippen LogP contribution in [0.25, 0.3) is 11.3 Å². The molecule has 0 aliphatic carbocycles. The van der Waals surface area contributed by atoms with Crippen molar-refractivity contribution in [1.29, 1.82) is 10.5 Å². The Bertz CT molecular complexity index is 1120. The summed E-state index contributed by atoms with van der Waals surface area (Å²) >= 11 is 0. The molecule has 0 aliphatic rings. The van der Waals surface area contributed by atoms with Crippen LogP contribution in [0, 0.1) is 35.5 Å². The van der Waals surface area contributed by atoms with Gasteiger partial charge in [-0.25, -0.2) is 9.97 Å². The molecule has 8 nitrogen and oxygen atoms in total. The SMILES string of the molecule is Cc1cnc(Nc2cnn(CCC#N)c2)nc1-c1ccc(C(=O)C[C@@H](C)C#N)cc1. The molecule has 0 saturated heterocycles. The highest BCUT2D eigenvalue weighted by molar-refractivity contribution is 5.96. The third kappa shape index (κ3) is 5.06. The van der Waals surface area contributed by atoms with Crippen molar-refractivity contribution in [3.05, 3.63) is 54.0 Å². The minimum absolute atomic E-state index is 0.0502. The first kappa shape index (κ1) is 20.7. The van der Waals surface area contributed by atoms with E-state index in [1.165, 1.54) is 0 Å². The number of Topliss-reactive ketones (excluding diaryl/α,β-unsaturated/α-hetero) is 1. The Morgan fingerprint density at radius 1 is 1.23 bits per heavy atom. The molecule has 8 heteroatoms. The third-order valence-corrected chi connectivity index (χ3v) is 4.51. The van der Waals surface area contributed by atoms with Gasteiger partial charge in [0.05, 0.1) is 48.6 Å². The summed E-state index contributed by atoms with van der Waals surface area (Å²) in [6.07, 6.45) is 5.78. The number of nitrogens with zero attached hydrogens (tertiary/aromatic N) is 6. The molecule has 2 heterocycles. The van der Waals surface area contributed by atoms with Crippen LogP contribution in [0.2, 0.25) is 0 Å². The molecule has 0 saturated carbocycles. The van der Waals surface area contributed by atoms with Gasteiger partial charge in [-0.3, -0.25) is 9.48 Å². The first-order chi connectivity index (χ1) is 14.5. The van der Waals surface area contributed by atoms with Crippen LogP contribution in [0.4, 0.5) is 11.6 Å². The van der Waals surface area contributed by atoms with E-state index >= 15 is 0 Å². The van der Waals surface area contributed by atoms with Gasteiger partial charge in [0.1, 0.15) is 0 Å². The van der Waals surface area contributed by atoms with Gasteiger partial charge in [0.2, 0.25) is 5.95 Å². The molecule has 3 rings (SSSR count). The Labute approximate surface area is 174 Å². The Kier molecular flexibility index (Phi) is 6.51. The van der Waals surface area contributed by atoms with E-state index in [2.05, 4.69) is 32.5 Å². The predicted octanol–water partition coefficient (Wildman–Crippen LogP) is 4.04. The number of nitriles is 2. The Hall–Kier alpha value is -4.04. The highest BCUT2D eigenvalue weighted by Crippen LogP contribution is 2.24. The fraction of sp³-hybridized carbons (Fsp3) is 0.273. The summed E-state index contributed by atoms with van der Waals surface area (Å²) in [5.74, 6) is 0.0726. The van der Waals surface area contributed by atoms with Gasteiger partial charge in [-0.2, -0.15) is 15.6 Å². The second-order valence-electron chi connectivity index (χ2n) is 6.99. The van der Waals surface area contributed by atoms with Crippen molar-refractivity contribution in [1.82, 2.24) is 19.7 Å². The highest BCUT2D eigenvalue weighted by Gasteiger charge is 2.12. The van der Waals surface area contributed by atoms with E-state index in [9.17, 15) is 4.79 Å².